The highest BCUT2D eigenvalue weighted by Crippen LogP contribution is 2.47. The number of amides is 1. The SMILES string of the molecule is CC(C)(CNC(=O)C1C2CCC(C2)C1N)c1cccc(Cl)c1.Cl. The molecule has 0 radical (unpaired) electrons. The third kappa shape index (κ3) is 3.67. The minimum atomic E-state index is -0.151. The van der Waals surface area contributed by atoms with Crippen molar-refractivity contribution in [2.75, 3.05) is 6.54 Å². The molecule has 5 heteroatoms. The Morgan fingerprint density at radius 1 is 1.35 bits per heavy atom. The standard InChI is InChI=1S/C18H25ClN2O.ClH/c1-18(2,13-4-3-5-14(19)9-13)10-21-17(22)15-11-6-7-12(8-11)16(15)20;/h3-5,9,11-12,15-16H,6-8,10,20H2,1-2H3,(H,21,22);1H. The van der Waals surface area contributed by atoms with Crippen LogP contribution in [0.4, 0.5) is 0 Å². The maximum absolute atomic E-state index is 12.6. The van der Waals surface area contributed by atoms with Crippen molar-refractivity contribution in [2.24, 2.45) is 23.5 Å². The molecule has 0 spiro atoms. The topological polar surface area (TPSA) is 55.1 Å². The largest absolute Gasteiger partial charge is 0.355 e. The Kier molecular flexibility index (Phi) is 5.65. The van der Waals surface area contributed by atoms with Gasteiger partial charge in [-0.3, -0.25) is 4.79 Å². The number of hydrogen-bond donors (Lipinski definition) is 2. The molecule has 0 aromatic heterocycles. The quantitative estimate of drug-likeness (QED) is 0.866. The van der Waals surface area contributed by atoms with Crippen molar-refractivity contribution in [3.8, 4) is 0 Å². The van der Waals surface area contributed by atoms with Crippen LogP contribution in [0.15, 0.2) is 24.3 Å². The molecule has 2 bridgehead atoms. The average Bonchev–Trinajstić information content (AvgIpc) is 3.06. The number of carbonyl (C=O) groups is 1. The number of rotatable bonds is 4. The lowest BCUT2D eigenvalue weighted by Crippen LogP contribution is -2.47. The molecule has 128 valence electrons. The van der Waals surface area contributed by atoms with Crippen molar-refractivity contribution < 1.29 is 4.79 Å². The molecule has 2 aliphatic rings. The van der Waals surface area contributed by atoms with E-state index in [0.717, 1.165) is 23.4 Å². The first kappa shape index (κ1) is 18.6. The molecule has 3 nitrogen and oxygen atoms in total. The van der Waals surface area contributed by atoms with E-state index in [0.29, 0.717) is 18.4 Å². The number of hydrogen-bond acceptors (Lipinski definition) is 2. The van der Waals surface area contributed by atoms with Gasteiger partial charge in [-0.05, 0) is 48.8 Å². The second-order valence-electron chi connectivity index (χ2n) is 7.55. The first-order valence-corrected chi connectivity index (χ1v) is 8.55. The summed E-state index contributed by atoms with van der Waals surface area (Å²) in [7, 11) is 0. The predicted molar refractivity (Wildman–Crippen MR) is 97.0 cm³/mol. The summed E-state index contributed by atoms with van der Waals surface area (Å²) >= 11 is 6.08. The fraction of sp³-hybridized carbons (Fsp3) is 0.611. The zero-order chi connectivity index (χ0) is 15.9. The number of nitrogens with two attached hydrogens (primary N) is 1. The maximum Gasteiger partial charge on any atom is 0.224 e. The molecule has 1 aromatic rings. The van der Waals surface area contributed by atoms with Crippen LogP contribution in [0.3, 0.4) is 0 Å². The van der Waals surface area contributed by atoms with Crippen molar-refractivity contribution in [1.29, 1.82) is 0 Å². The van der Waals surface area contributed by atoms with Crippen molar-refractivity contribution in [1.82, 2.24) is 5.32 Å². The van der Waals surface area contributed by atoms with Crippen LogP contribution in [0, 0.1) is 17.8 Å². The van der Waals surface area contributed by atoms with Crippen LogP contribution in [-0.4, -0.2) is 18.5 Å². The van der Waals surface area contributed by atoms with E-state index in [2.05, 4.69) is 25.2 Å². The van der Waals surface area contributed by atoms with Crippen molar-refractivity contribution >= 4 is 29.9 Å². The molecule has 4 unspecified atom stereocenters. The van der Waals surface area contributed by atoms with E-state index in [-0.39, 0.29) is 35.7 Å². The number of fused-ring (bicyclic) bond motifs is 2. The third-order valence-electron chi connectivity index (χ3n) is 5.59. The van der Waals surface area contributed by atoms with Crippen molar-refractivity contribution in [3.63, 3.8) is 0 Å². The highest BCUT2D eigenvalue weighted by molar-refractivity contribution is 6.30. The normalized spacial score (nSPS) is 29.2. The predicted octanol–water partition coefficient (Wildman–Crippen LogP) is 3.53. The van der Waals surface area contributed by atoms with Gasteiger partial charge in [0.05, 0.1) is 5.92 Å². The van der Waals surface area contributed by atoms with Gasteiger partial charge in [0.1, 0.15) is 0 Å². The van der Waals surface area contributed by atoms with E-state index in [1.807, 2.05) is 18.2 Å². The summed E-state index contributed by atoms with van der Waals surface area (Å²) in [6.45, 7) is 4.85. The molecule has 0 aliphatic heterocycles. The molecule has 1 amide bonds. The molecule has 2 fully saturated rings. The Hall–Kier alpha value is -0.770. The first-order valence-electron chi connectivity index (χ1n) is 8.18. The molecule has 3 rings (SSSR count). The fourth-order valence-corrected chi connectivity index (χ4v) is 4.35. The van der Waals surface area contributed by atoms with Crippen molar-refractivity contribution in [2.45, 2.75) is 44.6 Å². The van der Waals surface area contributed by atoms with Gasteiger partial charge in [-0.1, -0.05) is 37.6 Å². The smallest absolute Gasteiger partial charge is 0.224 e. The minimum absolute atomic E-state index is 0. The summed E-state index contributed by atoms with van der Waals surface area (Å²) in [6.07, 6.45) is 3.49. The zero-order valence-electron chi connectivity index (χ0n) is 13.7. The number of carbonyl (C=O) groups excluding carboxylic acids is 1. The van der Waals surface area contributed by atoms with Crippen molar-refractivity contribution in [3.05, 3.63) is 34.9 Å². The molecule has 0 saturated heterocycles. The zero-order valence-corrected chi connectivity index (χ0v) is 15.3. The van der Waals surface area contributed by atoms with Gasteiger partial charge in [0.15, 0.2) is 0 Å². The summed E-state index contributed by atoms with van der Waals surface area (Å²) in [6, 6.07) is 7.90. The van der Waals surface area contributed by atoms with E-state index in [4.69, 9.17) is 17.3 Å². The molecular weight excluding hydrogens is 331 g/mol. The summed E-state index contributed by atoms with van der Waals surface area (Å²) in [5, 5.41) is 3.86. The summed E-state index contributed by atoms with van der Waals surface area (Å²) in [4.78, 5) is 12.6. The summed E-state index contributed by atoms with van der Waals surface area (Å²) in [5.74, 6) is 1.19. The molecule has 2 saturated carbocycles. The Labute approximate surface area is 149 Å². The average molecular weight is 357 g/mol. The Balaban J connectivity index is 0.00000192. The van der Waals surface area contributed by atoms with E-state index in [1.54, 1.807) is 0 Å². The molecule has 4 atom stereocenters. The number of benzene rings is 1. The van der Waals surface area contributed by atoms with E-state index in [1.165, 1.54) is 6.42 Å². The fourth-order valence-electron chi connectivity index (χ4n) is 4.16. The second-order valence-corrected chi connectivity index (χ2v) is 7.98. The van der Waals surface area contributed by atoms with Gasteiger partial charge in [-0.2, -0.15) is 0 Å². The third-order valence-corrected chi connectivity index (χ3v) is 5.83. The lowest BCUT2D eigenvalue weighted by molar-refractivity contribution is -0.127. The molecular formula is C18H26Cl2N2O. The molecule has 0 heterocycles. The van der Waals surface area contributed by atoms with Gasteiger partial charge >= 0.3 is 0 Å². The monoisotopic (exact) mass is 356 g/mol. The van der Waals surface area contributed by atoms with Crippen LogP contribution < -0.4 is 11.1 Å². The van der Waals surface area contributed by atoms with Crippen LogP contribution in [0.25, 0.3) is 0 Å². The Morgan fingerprint density at radius 3 is 2.65 bits per heavy atom. The van der Waals surface area contributed by atoms with Crippen LogP contribution in [0.1, 0.15) is 38.7 Å². The molecule has 1 aromatic carbocycles. The second kappa shape index (κ2) is 7.00. The highest BCUT2D eigenvalue weighted by atomic mass is 35.5. The lowest BCUT2D eigenvalue weighted by Gasteiger charge is -2.30. The van der Waals surface area contributed by atoms with Crippen LogP contribution in [0.2, 0.25) is 5.02 Å². The Morgan fingerprint density at radius 2 is 2.04 bits per heavy atom. The van der Waals surface area contributed by atoms with Crippen LogP contribution in [-0.2, 0) is 10.2 Å². The molecule has 3 N–H and O–H groups in total. The van der Waals surface area contributed by atoms with Gasteiger partial charge in [0.25, 0.3) is 0 Å². The van der Waals surface area contributed by atoms with Gasteiger partial charge in [-0.15, -0.1) is 12.4 Å². The summed E-state index contributed by atoms with van der Waals surface area (Å²) < 4.78 is 0. The lowest BCUT2D eigenvalue weighted by atomic mass is 9.82. The first-order chi connectivity index (χ1) is 10.4. The number of halogens is 2. The minimum Gasteiger partial charge on any atom is -0.355 e. The summed E-state index contributed by atoms with van der Waals surface area (Å²) in [5.41, 5.74) is 7.24. The number of nitrogens with one attached hydrogen (secondary N) is 1. The van der Waals surface area contributed by atoms with Gasteiger partial charge in [0.2, 0.25) is 5.91 Å². The molecule has 23 heavy (non-hydrogen) atoms. The molecule has 2 aliphatic carbocycles. The van der Waals surface area contributed by atoms with Crippen LogP contribution >= 0.6 is 24.0 Å². The van der Waals surface area contributed by atoms with E-state index >= 15 is 0 Å². The van der Waals surface area contributed by atoms with E-state index < -0.39 is 0 Å². The maximum atomic E-state index is 12.6. The van der Waals surface area contributed by atoms with E-state index in [9.17, 15) is 4.79 Å². The van der Waals surface area contributed by atoms with Crippen LogP contribution in [0.5, 0.6) is 0 Å². The Bertz CT molecular complexity index is 574. The van der Waals surface area contributed by atoms with Gasteiger partial charge in [-0.25, -0.2) is 0 Å². The van der Waals surface area contributed by atoms with Gasteiger partial charge < -0.3 is 11.1 Å². The highest BCUT2D eigenvalue weighted by Gasteiger charge is 2.49. The van der Waals surface area contributed by atoms with Gasteiger partial charge in [0, 0.05) is 23.0 Å².